The largest absolute Gasteiger partial charge is 0.399 e. The molecule has 1 aliphatic rings. The number of aryl methyl sites for hydroxylation is 3. The number of nitrogens with zero attached hydrogens (tertiary/aromatic N) is 1. The minimum Gasteiger partial charge on any atom is -0.399 e. The number of nitrogens with two attached hydrogens (primary N) is 1. The van der Waals surface area contributed by atoms with Gasteiger partial charge in [0.05, 0.1) is 10.6 Å². The Labute approximate surface area is 128 Å². The van der Waals surface area contributed by atoms with Crippen LogP contribution in [0.2, 0.25) is 0 Å². The Bertz CT molecular complexity index is 758. The zero-order chi connectivity index (χ0) is 15.0. The van der Waals surface area contributed by atoms with Crippen LogP contribution < -0.4 is 10.5 Å². The van der Waals surface area contributed by atoms with E-state index in [1.54, 1.807) is 19.1 Å². The number of hydrogen-bond donors (Lipinski definition) is 2. The van der Waals surface area contributed by atoms with Crippen LogP contribution in [-0.2, 0) is 22.9 Å². The van der Waals surface area contributed by atoms with Gasteiger partial charge in [0.25, 0.3) is 10.0 Å². The van der Waals surface area contributed by atoms with Crippen LogP contribution in [0, 0.1) is 6.92 Å². The first kappa shape index (κ1) is 14.3. The van der Waals surface area contributed by atoms with Crippen molar-refractivity contribution in [1.82, 2.24) is 4.98 Å². The van der Waals surface area contributed by atoms with Crippen LogP contribution in [0.4, 0.5) is 10.8 Å². The van der Waals surface area contributed by atoms with Gasteiger partial charge in [-0.1, -0.05) is 0 Å². The third-order valence-corrected chi connectivity index (χ3v) is 6.26. The molecule has 1 heterocycles. The summed E-state index contributed by atoms with van der Waals surface area (Å²) in [6.07, 6.45) is 4.21. The lowest BCUT2D eigenvalue weighted by molar-refractivity contribution is 0.600. The summed E-state index contributed by atoms with van der Waals surface area (Å²) in [6, 6.07) is 4.77. The fraction of sp³-hybridized carbons (Fsp3) is 0.357. The van der Waals surface area contributed by atoms with E-state index in [4.69, 9.17) is 5.73 Å². The summed E-state index contributed by atoms with van der Waals surface area (Å²) in [5.41, 5.74) is 7.88. The number of rotatable bonds is 3. The Kier molecular flexibility index (Phi) is 3.62. The molecule has 21 heavy (non-hydrogen) atoms. The average Bonchev–Trinajstić information content (AvgIpc) is 2.79. The van der Waals surface area contributed by atoms with Gasteiger partial charge < -0.3 is 5.73 Å². The molecule has 7 heteroatoms. The maximum atomic E-state index is 12.5. The summed E-state index contributed by atoms with van der Waals surface area (Å²) in [7, 11) is -3.62. The zero-order valence-corrected chi connectivity index (χ0v) is 13.4. The molecule has 0 amide bonds. The number of aromatic nitrogens is 1. The van der Waals surface area contributed by atoms with E-state index in [1.807, 2.05) is 0 Å². The smallest absolute Gasteiger partial charge is 0.263 e. The average molecular weight is 323 g/mol. The normalized spacial score (nSPS) is 14.7. The van der Waals surface area contributed by atoms with E-state index in [2.05, 4.69) is 9.71 Å². The molecule has 3 rings (SSSR count). The molecular weight excluding hydrogens is 306 g/mol. The fourth-order valence-electron chi connectivity index (χ4n) is 2.54. The SMILES string of the molecule is Cc1cc(N)ccc1S(=O)(=O)Nc1nc2c(s1)CCCC2. The van der Waals surface area contributed by atoms with E-state index in [1.165, 1.54) is 22.3 Å². The van der Waals surface area contributed by atoms with E-state index in [0.29, 0.717) is 16.4 Å². The summed E-state index contributed by atoms with van der Waals surface area (Å²) in [6.45, 7) is 1.73. The van der Waals surface area contributed by atoms with Gasteiger partial charge in [-0.05, 0) is 56.4 Å². The number of sulfonamides is 1. The Morgan fingerprint density at radius 3 is 2.76 bits per heavy atom. The first-order valence-corrected chi connectivity index (χ1v) is 9.13. The van der Waals surface area contributed by atoms with Crippen LogP contribution in [0.25, 0.3) is 0 Å². The molecule has 1 aliphatic carbocycles. The van der Waals surface area contributed by atoms with Gasteiger partial charge in [-0.15, -0.1) is 11.3 Å². The van der Waals surface area contributed by atoms with Crippen LogP contribution in [0.5, 0.6) is 0 Å². The summed E-state index contributed by atoms with van der Waals surface area (Å²) in [5, 5.41) is 0.457. The first-order chi connectivity index (χ1) is 9.95. The Hall–Kier alpha value is -1.60. The van der Waals surface area contributed by atoms with Crippen molar-refractivity contribution in [2.24, 2.45) is 0 Å². The molecule has 0 saturated carbocycles. The van der Waals surface area contributed by atoms with Gasteiger partial charge >= 0.3 is 0 Å². The minimum absolute atomic E-state index is 0.241. The third kappa shape index (κ3) is 2.89. The van der Waals surface area contributed by atoms with Crippen molar-refractivity contribution >= 4 is 32.2 Å². The standard InChI is InChI=1S/C14H17N3O2S2/c1-9-8-10(15)6-7-13(9)21(18,19)17-14-16-11-4-2-3-5-12(11)20-14/h6-8H,2-5,15H2,1H3,(H,16,17). The van der Waals surface area contributed by atoms with Crippen molar-refractivity contribution in [2.45, 2.75) is 37.5 Å². The number of benzene rings is 1. The number of nitrogens with one attached hydrogen (secondary N) is 1. The number of anilines is 2. The number of fused-ring (bicyclic) bond motifs is 1. The van der Waals surface area contributed by atoms with Crippen molar-refractivity contribution in [2.75, 3.05) is 10.5 Å². The van der Waals surface area contributed by atoms with Gasteiger partial charge in [0.1, 0.15) is 0 Å². The maximum Gasteiger partial charge on any atom is 0.263 e. The van der Waals surface area contributed by atoms with Gasteiger partial charge in [-0.3, -0.25) is 4.72 Å². The number of thiazole rings is 1. The number of hydrogen-bond acceptors (Lipinski definition) is 5. The second-order valence-electron chi connectivity index (χ2n) is 5.23. The lowest BCUT2D eigenvalue weighted by Crippen LogP contribution is -2.14. The molecule has 112 valence electrons. The summed E-state index contributed by atoms with van der Waals surface area (Å²) in [5.74, 6) is 0. The summed E-state index contributed by atoms with van der Waals surface area (Å²) >= 11 is 1.44. The maximum absolute atomic E-state index is 12.5. The van der Waals surface area contributed by atoms with E-state index < -0.39 is 10.0 Å². The Morgan fingerprint density at radius 2 is 2.05 bits per heavy atom. The van der Waals surface area contributed by atoms with Crippen LogP contribution in [-0.4, -0.2) is 13.4 Å². The zero-order valence-electron chi connectivity index (χ0n) is 11.7. The van der Waals surface area contributed by atoms with Gasteiger partial charge in [-0.2, -0.15) is 0 Å². The molecule has 0 atom stereocenters. The quantitative estimate of drug-likeness (QED) is 0.851. The fourth-order valence-corrected chi connectivity index (χ4v) is 5.05. The molecule has 0 unspecified atom stereocenters. The molecule has 0 bridgehead atoms. The molecular formula is C14H17N3O2S2. The molecule has 0 fully saturated rings. The highest BCUT2D eigenvalue weighted by Crippen LogP contribution is 2.31. The van der Waals surface area contributed by atoms with Crippen molar-refractivity contribution in [1.29, 1.82) is 0 Å². The highest BCUT2D eigenvalue weighted by molar-refractivity contribution is 7.93. The topological polar surface area (TPSA) is 85.1 Å². The lowest BCUT2D eigenvalue weighted by Gasteiger charge is -2.08. The van der Waals surface area contributed by atoms with Crippen molar-refractivity contribution in [3.63, 3.8) is 0 Å². The summed E-state index contributed by atoms with van der Waals surface area (Å²) in [4.78, 5) is 5.85. The lowest BCUT2D eigenvalue weighted by atomic mass is 10.0. The predicted octanol–water partition coefficient (Wildman–Crippen LogP) is 2.71. The highest BCUT2D eigenvalue weighted by Gasteiger charge is 2.21. The second kappa shape index (κ2) is 5.31. The van der Waals surface area contributed by atoms with Crippen LogP contribution in [0.15, 0.2) is 23.1 Å². The second-order valence-corrected chi connectivity index (χ2v) is 7.96. The van der Waals surface area contributed by atoms with E-state index >= 15 is 0 Å². The minimum atomic E-state index is -3.62. The molecule has 0 saturated heterocycles. The van der Waals surface area contributed by atoms with Crippen molar-refractivity contribution in [3.8, 4) is 0 Å². The van der Waals surface area contributed by atoms with E-state index in [0.717, 1.165) is 31.4 Å². The van der Waals surface area contributed by atoms with Gasteiger partial charge in [0, 0.05) is 10.6 Å². The molecule has 0 spiro atoms. The van der Waals surface area contributed by atoms with Crippen LogP contribution in [0.3, 0.4) is 0 Å². The van der Waals surface area contributed by atoms with Gasteiger partial charge in [0.2, 0.25) is 0 Å². The Balaban J connectivity index is 1.90. The van der Waals surface area contributed by atoms with Crippen molar-refractivity contribution < 1.29 is 8.42 Å². The van der Waals surface area contributed by atoms with E-state index in [-0.39, 0.29) is 4.90 Å². The van der Waals surface area contributed by atoms with Crippen molar-refractivity contribution in [3.05, 3.63) is 34.3 Å². The first-order valence-electron chi connectivity index (χ1n) is 6.83. The summed E-state index contributed by atoms with van der Waals surface area (Å²) < 4.78 is 27.5. The van der Waals surface area contributed by atoms with Crippen LogP contribution in [0.1, 0.15) is 29.0 Å². The van der Waals surface area contributed by atoms with E-state index in [9.17, 15) is 8.42 Å². The molecule has 5 nitrogen and oxygen atoms in total. The number of nitrogen functional groups attached to an aromatic ring is 1. The molecule has 2 aromatic rings. The molecule has 3 N–H and O–H groups in total. The molecule has 1 aromatic carbocycles. The molecule has 1 aromatic heterocycles. The highest BCUT2D eigenvalue weighted by atomic mass is 32.2. The van der Waals surface area contributed by atoms with Crippen LogP contribution >= 0.6 is 11.3 Å². The predicted molar refractivity (Wildman–Crippen MR) is 85.2 cm³/mol. The Morgan fingerprint density at radius 1 is 1.29 bits per heavy atom. The monoisotopic (exact) mass is 323 g/mol. The third-order valence-electron chi connectivity index (χ3n) is 3.56. The van der Waals surface area contributed by atoms with Gasteiger partial charge in [-0.25, -0.2) is 13.4 Å². The molecule has 0 radical (unpaired) electrons. The van der Waals surface area contributed by atoms with Gasteiger partial charge in [0.15, 0.2) is 5.13 Å². The molecule has 0 aliphatic heterocycles.